The summed E-state index contributed by atoms with van der Waals surface area (Å²) in [7, 11) is 1.73. The zero-order valence-electron chi connectivity index (χ0n) is 12.5. The Bertz CT molecular complexity index is 556. The Hall–Kier alpha value is -1.30. The van der Waals surface area contributed by atoms with Crippen LogP contribution in [0, 0.1) is 0 Å². The van der Waals surface area contributed by atoms with E-state index in [9.17, 15) is 9.59 Å². The predicted molar refractivity (Wildman–Crippen MR) is 88.3 cm³/mol. The van der Waals surface area contributed by atoms with Crippen LogP contribution in [0.2, 0.25) is 10.0 Å². The fourth-order valence-corrected chi connectivity index (χ4v) is 2.40. The lowest BCUT2D eigenvalue weighted by Gasteiger charge is -2.23. The van der Waals surface area contributed by atoms with E-state index in [-0.39, 0.29) is 24.4 Å². The van der Waals surface area contributed by atoms with Crippen molar-refractivity contribution in [1.29, 1.82) is 0 Å². The minimum Gasteiger partial charge on any atom is -0.352 e. The molecule has 0 bridgehead atoms. The first-order valence-corrected chi connectivity index (χ1v) is 7.88. The highest BCUT2D eigenvalue weighted by molar-refractivity contribution is 6.39. The molecule has 1 aromatic rings. The third-order valence-electron chi connectivity index (χ3n) is 3.58. The van der Waals surface area contributed by atoms with Gasteiger partial charge in [0.25, 0.3) is 0 Å². The molecule has 1 atom stereocenters. The second-order valence-corrected chi connectivity index (χ2v) is 6.33. The van der Waals surface area contributed by atoms with Gasteiger partial charge in [0.1, 0.15) is 0 Å². The van der Waals surface area contributed by atoms with Crippen molar-refractivity contribution in [1.82, 2.24) is 10.2 Å². The third kappa shape index (κ3) is 4.60. The van der Waals surface area contributed by atoms with Crippen LogP contribution in [0.1, 0.15) is 19.8 Å². The van der Waals surface area contributed by atoms with Crippen molar-refractivity contribution in [3.63, 3.8) is 0 Å². The third-order valence-corrected chi connectivity index (χ3v) is 4.21. The summed E-state index contributed by atoms with van der Waals surface area (Å²) < 4.78 is 0. The molecule has 2 amide bonds. The molecular formula is C15H19Cl2N3O2. The quantitative estimate of drug-likeness (QED) is 0.834. The number of nitrogens with one attached hydrogen (secondary N) is 2. The molecule has 1 fully saturated rings. The molecule has 0 radical (unpaired) electrons. The number of para-hydroxylation sites is 1. The van der Waals surface area contributed by atoms with Gasteiger partial charge >= 0.3 is 0 Å². The summed E-state index contributed by atoms with van der Waals surface area (Å²) in [4.78, 5) is 25.7. The molecule has 1 unspecified atom stereocenters. The second kappa shape index (κ2) is 7.31. The maximum atomic E-state index is 12.1. The number of likely N-dealkylation sites (N-methyl/N-ethyl adjacent to an activating group) is 1. The standard InChI is InChI=1S/C15H19Cl2N3O2/c1-9(15(22)18-10-6-7-10)20(2)8-13(21)19-14-11(16)4-3-5-12(14)17/h3-5,9-10H,6-8H2,1-2H3,(H,18,22)(H,19,21). The van der Waals surface area contributed by atoms with Gasteiger partial charge in [-0.05, 0) is 38.9 Å². The number of rotatable bonds is 6. The van der Waals surface area contributed by atoms with Gasteiger partial charge in [-0.3, -0.25) is 14.5 Å². The van der Waals surface area contributed by atoms with Crippen molar-refractivity contribution < 1.29 is 9.59 Å². The molecule has 0 saturated heterocycles. The Labute approximate surface area is 139 Å². The van der Waals surface area contributed by atoms with E-state index in [1.165, 1.54) is 0 Å². The average Bonchev–Trinajstić information content (AvgIpc) is 3.26. The molecule has 1 aromatic carbocycles. The molecule has 2 N–H and O–H groups in total. The van der Waals surface area contributed by atoms with E-state index < -0.39 is 0 Å². The molecule has 2 rings (SSSR count). The lowest BCUT2D eigenvalue weighted by molar-refractivity contribution is -0.126. The van der Waals surface area contributed by atoms with Crippen LogP contribution in [0.15, 0.2) is 18.2 Å². The molecule has 22 heavy (non-hydrogen) atoms. The summed E-state index contributed by atoms with van der Waals surface area (Å²) in [6.07, 6.45) is 2.07. The number of hydrogen-bond acceptors (Lipinski definition) is 3. The van der Waals surface area contributed by atoms with Gasteiger partial charge in [-0.1, -0.05) is 29.3 Å². The molecule has 0 heterocycles. The molecule has 120 valence electrons. The number of carbonyl (C=O) groups excluding carboxylic acids is 2. The molecule has 1 saturated carbocycles. The van der Waals surface area contributed by atoms with Gasteiger partial charge < -0.3 is 10.6 Å². The minimum atomic E-state index is -0.381. The Morgan fingerprint density at radius 1 is 1.32 bits per heavy atom. The van der Waals surface area contributed by atoms with Crippen LogP contribution in [0.3, 0.4) is 0 Å². The summed E-state index contributed by atoms with van der Waals surface area (Å²) in [5.74, 6) is -0.336. The topological polar surface area (TPSA) is 61.4 Å². The highest BCUT2D eigenvalue weighted by Gasteiger charge is 2.27. The van der Waals surface area contributed by atoms with Gasteiger partial charge in [-0.15, -0.1) is 0 Å². The number of carbonyl (C=O) groups is 2. The highest BCUT2D eigenvalue weighted by Crippen LogP contribution is 2.29. The first-order chi connectivity index (χ1) is 10.4. The van der Waals surface area contributed by atoms with E-state index in [0.717, 1.165) is 12.8 Å². The Morgan fingerprint density at radius 3 is 2.45 bits per heavy atom. The largest absolute Gasteiger partial charge is 0.352 e. The zero-order chi connectivity index (χ0) is 16.3. The monoisotopic (exact) mass is 343 g/mol. The molecule has 0 spiro atoms. The summed E-state index contributed by atoms with van der Waals surface area (Å²) in [5.41, 5.74) is 0.388. The molecular weight excluding hydrogens is 325 g/mol. The Balaban J connectivity index is 1.89. The molecule has 0 aromatic heterocycles. The van der Waals surface area contributed by atoms with Gasteiger partial charge in [0.05, 0.1) is 28.3 Å². The van der Waals surface area contributed by atoms with Crippen LogP contribution in [-0.4, -0.2) is 42.4 Å². The molecule has 0 aliphatic heterocycles. The summed E-state index contributed by atoms with van der Waals surface area (Å²) in [5, 5.41) is 6.36. The number of hydrogen-bond donors (Lipinski definition) is 2. The van der Waals surface area contributed by atoms with Gasteiger partial charge in [0.2, 0.25) is 11.8 Å². The van der Waals surface area contributed by atoms with Crippen molar-refractivity contribution >= 4 is 40.7 Å². The summed E-state index contributed by atoms with van der Waals surface area (Å²) in [6, 6.07) is 4.93. The van der Waals surface area contributed by atoms with Crippen molar-refractivity contribution in [2.75, 3.05) is 18.9 Å². The number of benzene rings is 1. The fraction of sp³-hybridized carbons (Fsp3) is 0.467. The van der Waals surface area contributed by atoms with Crippen LogP contribution in [0.4, 0.5) is 5.69 Å². The van der Waals surface area contributed by atoms with Crippen molar-refractivity contribution in [2.45, 2.75) is 31.8 Å². The Morgan fingerprint density at radius 2 is 1.91 bits per heavy atom. The lowest BCUT2D eigenvalue weighted by atomic mass is 10.2. The summed E-state index contributed by atoms with van der Waals surface area (Å²) in [6.45, 7) is 1.84. The molecule has 1 aliphatic rings. The van der Waals surface area contributed by atoms with E-state index >= 15 is 0 Å². The van der Waals surface area contributed by atoms with Crippen LogP contribution in [0.25, 0.3) is 0 Å². The number of nitrogens with zero attached hydrogens (tertiary/aromatic N) is 1. The number of halogens is 2. The van der Waals surface area contributed by atoms with Crippen LogP contribution < -0.4 is 10.6 Å². The van der Waals surface area contributed by atoms with Gasteiger partial charge in [-0.2, -0.15) is 0 Å². The van der Waals surface area contributed by atoms with Crippen LogP contribution >= 0.6 is 23.2 Å². The van der Waals surface area contributed by atoms with E-state index in [0.29, 0.717) is 21.8 Å². The van der Waals surface area contributed by atoms with Gasteiger partial charge in [0, 0.05) is 6.04 Å². The predicted octanol–water partition coefficient (Wildman–Crippen LogP) is 2.53. The Kier molecular flexibility index (Phi) is 5.67. The normalized spacial score (nSPS) is 15.5. The van der Waals surface area contributed by atoms with Gasteiger partial charge in [0.15, 0.2) is 0 Å². The van der Waals surface area contributed by atoms with Crippen LogP contribution in [0.5, 0.6) is 0 Å². The number of anilines is 1. The molecule has 5 nitrogen and oxygen atoms in total. The SMILES string of the molecule is CC(C(=O)NC1CC1)N(C)CC(=O)Nc1c(Cl)cccc1Cl. The zero-order valence-corrected chi connectivity index (χ0v) is 14.0. The molecule has 7 heteroatoms. The average molecular weight is 344 g/mol. The highest BCUT2D eigenvalue weighted by atomic mass is 35.5. The lowest BCUT2D eigenvalue weighted by Crippen LogP contribution is -2.46. The van der Waals surface area contributed by atoms with Crippen molar-refractivity contribution in [2.24, 2.45) is 0 Å². The first kappa shape index (κ1) is 17.1. The van der Waals surface area contributed by atoms with E-state index in [1.807, 2.05) is 0 Å². The maximum Gasteiger partial charge on any atom is 0.238 e. The van der Waals surface area contributed by atoms with Crippen LogP contribution in [-0.2, 0) is 9.59 Å². The second-order valence-electron chi connectivity index (χ2n) is 5.52. The van der Waals surface area contributed by atoms with E-state index in [1.54, 1.807) is 37.1 Å². The molecule has 1 aliphatic carbocycles. The summed E-state index contributed by atoms with van der Waals surface area (Å²) >= 11 is 12.0. The van der Waals surface area contributed by atoms with Gasteiger partial charge in [-0.25, -0.2) is 0 Å². The minimum absolute atomic E-state index is 0.0615. The maximum absolute atomic E-state index is 12.1. The van der Waals surface area contributed by atoms with Crippen molar-refractivity contribution in [3.8, 4) is 0 Å². The number of amides is 2. The fourth-order valence-electron chi connectivity index (χ4n) is 1.91. The van der Waals surface area contributed by atoms with E-state index in [2.05, 4.69) is 10.6 Å². The smallest absolute Gasteiger partial charge is 0.238 e. The van der Waals surface area contributed by atoms with E-state index in [4.69, 9.17) is 23.2 Å². The first-order valence-electron chi connectivity index (χ1n) is 7.13. The van der Waals surface area contributed by atoms with Crippen molar-refractivity contribution in [3.05, 3.63) is 28.2 Å².